The maximum absolute atomic E-state index is 12.5. The maximum atomic E-state index is 12.5. The number of nitrogens with zero attached hydrogens (tertiary/aromatic N) is 1. The molecule has 2 rings (SSSR count). The maximum Gasteiger partial charge on any atom is 0.343 e. The molecule has 9 heteroatoms. The lowest BCUT2D eigenvalue weighted by molar-refractivity contribution is -0.142. The van der Waals surface area contributed by atoms with Crippen LogP contribution in [0.2, 0.25) is 5.02 Å². The van der Waals surface area contributed by atoms with Crippen molar-refractivity contribution in [3.63, 3.8) is 0 Å². The summed E-state index contributed by atoms with van der Waals surface area (Å²) in [7, 11) is 1.28. The van der Waals surface area contributed by atoms with Gasteiger partial charge in [0.15, 0.2) is 6.61 Å². The highest BCUT2D eigenvalue weighted by molar-refractivity contribution is 14.1. The van der Waals surface area contributed by atoms with Crippen LogP contribution in [0.3, 0.4) is 0 Å². The van der Waals surface area contributed by atoms with E-state index < -0.39 is 11.9 Å². The quantitative estimate of drug-likeness (QED) is 0.219. The van der Waals surface area contributed by atoms with Gasteiger partial charge in [-0.15, -0.1) is 0 Å². The average molecular weight is 590 g/mol. The largest absolute Gasteiger partial charge is 0.480 e. The fourth-order valence-electron chi connectivity index (χ4n) is 2.18. The van der Waals surface area contributed by atoms with Gasteiger partial charge in [-0.2, -0.15) is 5.26 Å². The molecular formula is C20H15BrClIN2O4. The van der Waals surface area contributed by atoms with E-state index in [1.807, 2.05) is 35.6 Å². The molecular weight excluding hydrogens is 574 g/mol. The lowest BCUT2D eigenvalue weighted by Crippen LogP contribution is -2.14. The molecule has 150 valence electrons. The fourth-order valence-corrected chi connectivity index (χ4v) is 4.12. The van der Waals surface area contributed by atoms with Gasteiger partial charge in [0.05, 0.1) is 15.2 Å². The van der Waals surface area contributed by atoms with Crippen LogP contribution in [-0.4, -0.2) is 25.6 Å². The minimum absolute atomic E-state index is 0.0763. The number of nitriles is 1. The Bertz CT molecular complexity index is 1010. The van der Waals surface area contributed by atoms with E-state index in [1.165, 1.54) is 13.2 Å². The van der Waals surface area contributed by atoms with E-state index in [-0.39, 0.29) is 12.2 Å². The van der Waals surface area contributed by atoms with E-state index >= 15 is 0 Å². The zero-order chi connectivity index (χ0) is 21.6. The molecule has 29 heavy (non-hydrogen) atoms. The van der Waals surface area contributed by atoms with Gasteiger partial charge in [0.2, 0.25) is 0 Å². The monoisotopic (exact) mass is 588 g/mol. The SMILES string of the molecule is COC(=O)COc1c(Br)cc(/C=C(/C#N)C(=O)Nc2ccc(C)c(Cl)c2)cc1I. The van der Waals surface area contributed by atoms with Gasteiger partial charge in [0.1, 0.15) is 17.4 Å². The van der Waals surface area contributed by atoms with Crippen LogP contribution in [0.1, 0.15) is 11.1 Å². The van der Waals surface area contributed by atoms with Crippen molar-refractivity contribution in [2.24, 2.45) is 0 Å². The third kappa shape index (κ3) is 6.45. The predicted octanol–water partition coefficient (Wildman–Crippen LogP) is 5.11. The molecule has 0 atom stereocenters. The second-order valence-electron chi connectivity index (χ2n) is 5.77. The Hall–Kier alpha value is -2.09. The summed E-state index contributed by atoms with van der Waals surface area (Å²) >= 11 is 11.5. The average Bonchev–Trinajstić information content (AvgIpc) is 2.67. The molecule has 0 aliphatic heterocycles. The summed E-state index contributed by atoms with van der Waals surface area (Å²) in [5.41, 5.74) is 1.91. The van der Waals surface area contributed by atoms with Crippen LogP contribution in [0, 0.1) is 21.8 Å². The van der Waals surface area contributed by atoms with E-state index in [1.54, 1.807) is 30.3 Å². The molecule has 0 bridgehead atoms. The summed E-state index contributed by atoms with van der Waals surface area (Å²) in [5.74, 6) is -0.591. The molecule has 0 spiro atoms. The van der Waals surface area contributed by atoms with Gasteiger partial charge < -0.3 is 14.8 Å². The van der Waals surface area contributed by atoms with E-state index in [9.17, 15) is 14.9 Å². The first-order valence-corrected chi connectivity index (χ1v) is 10.4. The molecule has 0 fully saturated rings. The number of benzene rings is 2. The lowest BCUT2D eigenvalue weighted by Gasteiger charge is -2.11. The Morgan fingerprint density at radius 2 is 2.07 bits per heavy atom. The molecule has 0 aliphatic rings. The molecule has 2 aromatic rings. The molecule has 0 heterocycles. The van der Waals surface area contributed by atoms with Crippen LogP contribution < -0.4 is 10.1 Å². The zero-order valence-corrected chi connectivity index (χ0v) is 19.9. The van der Waals surface area contributed by atoms with Crippen LogP contribution >= 0.6 is 50.1 Å². The van der Waals surface area contributed by atoms with E-state index in [0.29, 0.717) is 30.1 Å². The molecule has 0 unspecified atom stereocenters. The van der Waals surface area contributed by atoms with Crippen molar-refractivity contribution in [3.05, 3.63) is 60.1 Å². The van der Waals surface area contributed by atoms with Crippen LogP contribution in [0.5, 0.6) is 5.75 Å². The highest BCUT2D eigenvalue weighted by atomic mass is 127. The summed E-state index contributed by atoms with van der Waals surface area (Å²) in [6, 6.07) is 10.4. The second kappa shape index (κ2) is 10.6. The number of halogens is 3. The van der Waals surface area contributed by atoms with Gasteiger partial charge in [0.25, 0.3) is 5.91 Å². The Balaban J connectivity index is 2.23. The number of ether oxygens (including phenoxy) is 2. The van der Waals surface area contributed by atoms with Gasteiger partial charge in [-0.05, 0) is 86.9 Å². The van der Waals surface area contributed by atoms with Crippen molar-refractivity contribution in [2.75, 3.05) is 19.0 Å². The van der Waals surface area contributed by atoms with Crippen molar-refractivity contribution >= 4 is 73.8 Å². The fraction of sp³-hybridized carbons (Fsp3) is 0.150. The molecule has 1 N–H and O–H groups in total. The molecule has 0 radical (unpaired) electrons. The molecule has 0 aliphatic carbocycles. The topological polar surface area (TPSA) is 88.4 Å². The number of hydrogen-bond donors (Lipinski definition) is 1. The number of anilines is 1. The third-order valence-corrected chi connectivity index (χ3v) is 5.49. The number of carbonyl (C=O) groups excluding carboxylic acids is 2. The number of nitrogens with one attached hydrogen (secondary N) is 1. The molecule has 0 aromatic heterocycles. The van der Waals surface area contributed by atoms with Gasteiger partial charge in [-0.25, -0.2) is 4.79 Å². The van der Waals surface area contributed by atoms with Crippen LogP contribution in [-0.2, 0) is 14.3 Å². The summed E-state index contributed by atoms with van der Waals surface area (Å²) in [6.45, 7) is 1.62. The smallest absolute Gasteiger partial charge is 0.343 e. The highest BCUT2D eigenvalue weighted by Crippen LogP contribution is 2.33. The molecule has 2 aromatic carbocycles. The van der Waals surface area contributed by atoms with E-state index in [4.69, 9.17) is 16.3 Å². The molecule has 0 saturated carbocycles. The van der Waals surface area contributed by atoms with Crippen LogP contribution in [0.15, 0.2) is 40.4 Å². The van der Waals surface area contributed by atoms with Crippen molar-refractivity contribution in [3.8, 4) is 11.8 Å². The van der Waals surface area contributed by atoms with Crippen molar-refractivity contribution < 1.29 is 19.1 Å². The van der Waals surface area contributed by atoms with Crippen molar-refractivity contribution in [2.45, 2.75) is 6.92 Å². The Morgan fingerprint density at radius 3 is 2.66 bits per heavy atom. The highest BCUT2D eigenvalue weighted by Gasteiger charge is 2.14. The molecule has 6 nitrogen and oxygen atoms in total. The van der Waals surface area contributed by atoms with E-state index in [0.717, 1.165) is 5.56 Å². The first kappa shape index (κ1) is 23.2. The van der Waals surface area contributed by atoms with Gasteiger partial charge in [0, 0.05) is 10.7 Å². The number of amides is 1. The Kier molecular flexibility index (Phi) is 8.49. The summed E-state index contributed by atoms with van der Waals surface area (Å²) in [4.78, 5) is 23.7. The molecule has 0 saturated heterocycles. The minimum atomic E-state index is -0.551. The summed E-state index contributed by atoms with van der Waals surface area (Å²) < 4.78 is 11.3. The lowest BCUT2D eigenvalue weighted by atomic mass is 10.1. The van der Waals surface area contributed by atoms with Crippen LogP contribution in [0.4, 0.5) is 5.69 Å². The van der Waals surface area contributed by atoms with Crippen LogP contribution in [0.25, 0.3) is 6.08 Å². The van der Waals surface area contributed by atoms with Gasteiger partial charge >= 0.3 is 5.97 Å². The first-order valence-electron chi connectivity index (χ1n) is 8.13. The summed E-state index contributed by atoms with van der Waals surface area (Å²) in [5, 5.41) is 12.6. The minimum Gasteiger partial charge on any atom is -0.480 e. The second-order valence-corrected chi connectivity index (χ2v) is 8.19. The van der Waals surface area contributed by atoms with Gasteiger partial charge in [-0.1, -0.05) is 17.7 Å². The number of rotatable bonds is 6. The van der Waals surface area contributed by atoms with Crippen molar-refractivity contribution in [1.82, 2.24) is 0 Å². The number of methoxy groups -OCH3 is 1. The first-order chi connectivity index (χ1) is 13.7. The standard InChI is InChI=1S/C20H15BrClIN2O4/c1-11-3-4-14(8-16(11)22)25-20(27)13(9-24)5-12-6-15(21)19(17(23)7-12)29-10-18(26)28-2/h3-8H,10H2,1-2H3,(H,25,27)/b13-5-. The number of hydrogen-bond acceptors (Lipinski definition) is 5. The van der Waals surface area contributed by atoms with Crippen molar-refractivity contribution in [1.29, 1.82) is 5.26 Å². The Labute approximate surface area is 195 Å². The number of carbonyl (C=O) groups is 2. The number of esters is 1. The summed E-state index contributed by atoms with van der Waals surface area (Å²) in [6.07, 6.45) is 1.46. The molecule has 1 amide bonds. The third-order valence-electron chi connectivity index (χ3n) is 3.69. The predicted molar refractivity (Wildman–Crippen MR) is 123 cm³/mol. The van der Waals surface area contributed by atoms with E-state index in [2.05, 4.69) is 26.0 Å². The zero-order valence-electron chi connectivity index (χ0n) is 15.4. The Morgan fingerprint density at radius 1 is 1.34 bits per heavy atom. The number of aryl methyl sites for hydroxylation is 1. The normalized spacial score (nSPS) is 10.8. The van der Waals surface area contributed by atoms with Gasteiger partial charge in [-0.3, -0.25) is 4.79 Å².